The molecule has 8 nitrogen and oxygen atoms in total. The van der Waals surface area contributed by atoms with E-state index in [1.807, 2.05) is 35.2 Å². The zero-order valence-corrected chi connectivity index (χ0v) is 17.8. The number of ether oxygens (including phenoxy) is 2. The molecule has 1 N–H and O–H groups in total. The van der Waals surface area contributed by atoms with Gasteiger partial charge in [-0.1, -0.05) is 12.1 Å². The number of methoxy groups -OCH3 is 1. The van der Waals surface area contributed by atoms with Crippen LogP contribution in [0.25, 0.3) is 0 Å². The van der Waals surface area contributed by atoms with Crippen LogP contribution < -0.4 is 14.8 Å². The molecule has 166 valence electrons. The topological polar surface area (TPSA) is 84.2 Å². The maximum absolute atomic E-state index is 13.0. The summed E-state index contributed by atoms with van der Waals surface area (Å²) in [5.74, 6) is 1.36. The molecule has 2 aliphatic heterocycles. The first kappa shape index (κ1) is 21.2. The summed E-state index contributed by atoms with van der Waals surface area (Å²) in [4.78, 5) is 29.4. The molecule has 1 aromatic heterocycles. The molecule has 2 amide bonds. The number of rotatable bonds is 7. The Bertz CT molecular complexity index is 877. The summed E-state index contributed by atoms with van der Waals surface area (Å²) in [6, 6.07) is 9.02. The van der Waals surface area contributed by atoms with Crippen molar-refractivity contribution >= 4 is 11.8 Å². The van der Waals surface area contributed by atoms with E-state index in [1.165, 1.54) is 0 Å². The molecule has 0 radical (unpaired) electrons. The number of carbonyl (C=O) groups is 2. The zero-order chi connectivity index (χ0) is 21.6. The first-order valence-electron chi connectivity index (χ1n) is 10.7. The van der Waals surface area contributed by atoms with Crippen LogP contribution in [0.3, 0.4) is 0 Å². The van der Waals surface area contributed by atoms with Gasteiger partial charge in [0.1, 0.15) is 6.10 Å². The minimum absolute atomic E-state index is 0.00925. The van der Waals surface area contributed by atoms with Gasteiger partial charge in [-0.3, -0.25) is 14.5 Å². The second kappa shape index (κ2) is 9.87. The van der Waals surface area contributed by atoms with Gasteiger partial charge in [-0.05, 0) is 18.2 Å². The van der Waals surface area contributed by atoms with E-state index in [9.17, 15) is 9.59 Å². The van der Waals surface area contributed by atoms with Crippen molar-refractivity contribution < 1.29 is 23.5 Å². The highest BCUT2D eigenvalue weighted by Crippen LogP contribution is 2.29. The smallest absolute Gasteiger partial charge is 0.237 e. The Kier molecular flexibility index (Phi) is 6.76. The van der Waals surface area contributed by atoms with Gasteiger partial charge in [0, 0.05) is 51.1 Å². The molecule has 0 spiro atoms. The zero-order valence-electron chi connectivity index (χ0n) is 17.8. The van der Waals surface area contributed by atoms with E-state index >= 15 is 0 Å². The van der Waals surface area contributed by atoms with Crippen molar-refractivity contribution in [3.05, 3.63) is 48.4 Å². The summed E-state index contributed by atoms with van der Waals surface area (Å²) in [5, 5.41) is 2.89. The van der Waals surface area contributed by atoms with Crippen molar-refractivity contribution in [2.24, 2.45) is 0 Å². The third-order valence-electron chi connectivity index (χ3n) is 5.93. The number of likely N-dealkylation sites (tertiary alicyclic amines) is 1. The predicted octanol–water partition coefficient (Wildman–Crippen LogP) is 2.05. The molecule has 0 unspecified atom stereocenters. The van der Waals surface area contributed by atoms with Crippen LogP contribution in [0.5, 0.6) is 11.5 Å². The van der Waals surface area contributed by atoms with Crippen LogP contribution in [0.1, 0.15) is 24.8 Å². The molecule has 31 heavy (non-hydrogen) atoms. The van der Waals surface area contributed by atoms with E-state index < -0.39 is 6.04 Å². The van der Waals surface area contributed by atoms with Gasteiger partial charge in [0.25, 0.3) is 0 Å². The number of benzene rings is 1. The summed E-state index contributed by atoms with van der Waals surface area (Å²) in [7, 11) is 1.63. The third kappa shape index (κ3) is 5.19. The van der Waals surface area contributed by atoms with Gasteiger partial charge >= 0.3 is 0 Å². The number of carbonyl (C=O) groups excluding carboxylic acids is 2. The number of hydrogen-bond acceptors (Lipinski definition) is 6. The fraction of sp³-hybridized carbons (Fsp3) is 0.478. The van der Waals surface area contributed by atoms with Crippen LogP contribution in [-0.4, -0.2) is 67.0 Å². The molecule has 2 fully saturated rings. The summed E-state index contributed by atoms with van der Waals surface area (Å²) < 4.78 is 16.6. The molecule has 3 heterocycles. The van der Waals surface area contributed by atoms with Crippen molar-refractivity contribution in [1.82, 2.24) is 15.1 Å². The molecule has 1 aromatic carbocycles. The molecule has 8 heteroatoms. The second-order valence-electron chi connectivity index (χ2n) is 7.96. The lowest BCUT2D eigenvalue weighted by Gasteiger charge is -2.37. The summed E-state index contributed by atoms with van der Waals surface area (Å²) in [5.41, 5.74) is 1.00. The molecule has 0 bridgehead atoms. The molecule has 2 aromatic rings. The molecule has 4 rings (SSSR count). The highest BCUT2D eigenvalue weighted by Gasteiger charge is 2.34. The van der Waals surface area contributed by atoms with E-state index in [-0.39, 0.29) is 24.3 Å². The van der Waals surface area contributed by atoms with E-state index in [1.54, 1.807) is 19.6 Å². The predicted molar refractivity (Wildman–Crippen MR) is 114 cm³/mol. The molecular formula is C23H29N3O5. The normalized spacial score (nSPS) is 20.4. The summed E-state index contributed by atoms with van der Waals surface area (Å²) >= 11 is 0. The van der Waals surface area contributed by atoms with Gasteiger partial charge in [0.05, 0.1) is 32.1 Å². The first-order valence-corrected chi connectivity index (χ1v) is 10.7. The molecule has 2 aliphatic rings. The summed E-state index contributed by atoms with van der Waals surface area (Å²) in [6.07, 6.45) is 5.02. The Morgan fingerprint density at radius 3 is 2.65 bits per heavy atom. The lowest BCUT2D eigenvalue weighted by atomic mass is 10.0. The van der Waals surface area contributed by atoms with Crippen LogP contribution in [0.15, 0.2) is 47.3 Å². The standard InChI is InChI=1S/C23H29N3O5/c1-29-20-4-2-3-5-21(20)31-18-6-10-25(11-7-18)22(27)14-19-23(28)24-9-12-26(19)15-17-8-13-30-16-17/h2-5,8,13,16,18-19H,6-7,9-12,14-15H2,1H3,(H,24,28)/t19-/m1/s1. The maximum Gasteiger partial charge on any atom is 0.237 e. The average molecular weight is 428 g/mol. The highest BCUT2D eigenvalue weighted by atomic mass is 16.5. The van der Waals surface area contributed by atoms with Crippen LogP contribution >= 0.6 is 0 Å². The Morgan fingerprint density at radius 1 is 1.16 bits per heavy atom. The number of nitrogens with one attached hydrogen (secondary N) is 1. The largest absolute Gasteiger partial charge is 0.493 e. The van der Waals surface area contributed by atoms with E-state index in [4.69, 9.17) is 13.9 Å². The Balaban J connectivity index is 1.31. The Labute approximate surface area is 182 Å². The number of nitrogens with zero attached hydrogens (tertiary/aromatic N) is 2. The quantitative estimate of drug-likeness (QED) is 0.728. The monoisotopic (exact) mass is 427 g/mol. The summed E-state index contributed by atoms with van der Waals surface area (Å²) in [6.45, 7) is 3.14. The minimum Gasteiger partial charge on any atom is -0.493 e. The van der Waals surface area contributed by atoms with E-state index in [0.717, 1.165) is 24.2 Å². The Hall–Kier alpha value is -3.00. The number of piperazine rings is 1. The van der Waals surface area contributed by atoms with Gasteiger partial charge in [0.2, 0.25) is 11.8 Å². The minimum atomic E-state index is -0.460. The number of amides is 2. The van der Waals surface area contributed by atoms with Crippen molar-refractivity contribution in [1.29, 1.82) is 0 Å². The van der Waals surface area contributed by atoms with Crippen molar-refractivity contribution in [2.45, 2.75) is 38.0 Å². The van der Waals surface area contributed by atoms with Crippen molar-refractivity contribution in [3.63, 3.8) is 0 Å². The lowest BCUT2D eigenvalue weighted by molar-refractivity contribution is -0.140. The maximum atomic E-state index is 13.0. The van der Waals surface area contributed by atoms with E-state index in [2.05, 4.69) is 10.2 Å². The van der Waals surface area contributed by atoms with Gasteiger partial charge in [-0.25, -0.2) is 0 Å². The number of furan rings is 1. The fourth-order valence-electron chi connectivity index (χ4n) is 4.20. The van der Waals surface area contributed by atoms with Gasteiger partial charge in [0.15, 0.2) is 11.5 Å². The number of hydrogen-bond donors (Lipinski definition) is 1. The molecule has 1 atom stereocenters. The van der Waals surface area contributed by atoms with E-state index in [0.29, 0.717) is 38.5 Å². The van der Waals surface area contributed by atoms with Crippen LogP contribution in [0, 0.1) is 0 Å². The van der Waals surface area contributed by atoms with Crippen LogP contribution in [-0.2, 0) is 16.1 Å². The van der Waals surface area contributed by atoms with Gasteiger partial charge in [-0.2, -0.15) is 0 Å². The molecule has 0 saturated carbocycles. The highest BCUT2D eigenvalue weighted by molar-refractivity contribution is 5.88. The third-order valence-corrected chi connectivity index (χ3v) is 5.93. The lowest BCUT2D eigenvalue weighted by Crippen LogP contribution is -2.56. The fourth-order valence-corrected chi connectivity index (χ4v) is 4.20. The van der Waals surface area contributed by atoms with Crippen molar-refractivity contribution in [2.75, 3.05) is 33.3 Å². The van der Waals surface area contributed by atoms with Crippen LogP contribution in [0.2, 0.25) is 0 Å². The van der Waals surface area contributed by atoms with Gasteiger partial charge in [-0.15, -0.1) is 0 Å². The SMILES string of the molecule is COc1ccccc1OC1CCN(C(=O)C[C@@H]2C(=O)NCCN2Cc2ccoc2)CC1. The number of piperidine rings is 1. The molecular weight excluding hydrogens is 398 g/mol. The Morgan fingerprint density at radius 2 is 1.94 bits per heavy atom. The van der Waals surface area contributed by atoms with Crippen LogP contribution in [0.4, 0.5) is 0 Å². The molecule has 2 saturated heterocycles. The van der Waals surface area contributed by atoms with Crippen molar-refractivity contribution in [3.8, 4) is 11.5 Å². The van der Waals surface area contributed by atoms with Gasteiger partial charge < -0.3 is 24.1 Å². The first-order chi connectivity index (χ1) is 15.1. The molecule has 0 aliphatic carbocycles. The average Bonchev–Trinajstić information content (AvgIpc) is 3.30. The second-order valence-corrected chi connectivity index (χ2v) is 7.96. The number of para-hydroxylation sites is 2.